The summed E-state index contributed by atoms with van der Waals surface area (Å²) in [6, 6.07) is 1.93. The van der Waals surface area contributed by atoms with E-state index in [1.807, 2.05) is 6.07 Å². The number of methoxy groups -OCH3 is 1. The maximum absolute atomic E-state index is 5.17. The Bertz CT molecular complexity index is 312. The van der Waals surface area contributed by atoms with E-state index in [1.54, 1.807) is 7.11 Å². The van der Waals surface area contributed by atoms with Crippen LogP contribution in [0.25, 0.3) is 0 Å². The third kappa shape index (κ3) is 1.86. The van der Waals surface area contributed by atoms with E-state index in [2.05, 4.69) is 23.8 Å². The molecule has 3 heteroatoms. The van der Waals surface area contributed by atoms with Crippen LogP contribution in [0.2, 0.25) is 0 Å². The Kier molecular flexibility index (Phi) is 2.40. The zero-order chi connectivity index (χ0) is 10.1. The van der Waals surface area contributed by atoms with Crippen molar-refractivity contribution in [1.82, 2.24) is 9.97 Å². The highest BCUT2D eigenvalue weighted by Gasteiger charge is 2.27. The Hall–Kier alpha value is -1.12. The normalized spacial score (nSPS) is 16.0. The van der Waals surface area contributed by atoms with Crippen molar-refractivity contribution in [3.63, 3.8) is 0 Å². The molecule has 76 valence electrons. The number of hydrogen-bond acceptors (Lipinski definition) is 3. The van der Waals surface area contributed by atoms with Crippen molar-refractivity contribution >= 4 is 0 Å². The van der Waals surface area contributed by atoms with Crippen molar-refractivity contribution in [3.8, 4) is 5.88 Å². The van der Waals surface area contributed by atoms with Crippen LogP contribution in [0.4, 0.5) is 0 Å². The van der Waals surface area contributed by atoms with Crippen molar-refractivity contribution in [2.45, 2.75) is 38.5 Å². The van der Waals surface area contributed by atoms with Crippen LogP contribution in [-0.4, -0.2) is 17.1 Å². The largest absolute Gasteiger partial charge is 0.481 e. The van der Waals surface area contributed by atoms with Crippen molar-refractivity contribution in [1.29, 1.82) is 0 Å². The first-order valence-corrected chi connectivity index (χ1v) is 5.13. The summed E-state index contributed by atoms with van der Waals surface area (Å²) in [4.78, 5) is 8.91. The molecule has 1 aromatic rings. The lowest BCUT2D eigenvalue weighted by Gasteiger charge is -2.08. The molecule has 0 amide bonds. The summed E-state index contributed by atoms with van der Waals surface area (Å²) < 4.78 is 5.17. The molecule has 0 spiro atoms. The van der Waals surface area contributed by atoms with Gasteiger partial charge in [0.15, 0.2) is 0 Å². The average Bonchev–Trinajstić information content (AvgIpc) is 3.00. The fourth-order valence-electron chi connectivity index (χ4n) is 1.39. The smallest absolute Gasteiger partial charge is 0.216 e. The monoisotopic (exact) mass is 192 g/mol. The molecule has 0 saturated heterocycles. The quantitative estimate of drug-likeness (QED) is 0.738. The molecule has 1 fully saturated rings. The van der Waals surface area contributed by atoms with Gasteiger partial charge in [-0.3, -0.25) is 0 Å². The lowest BCUT2D eigenvalue weighted by Crippen LogP contribution is -2.02. The number of hydrogen-bond donors (Lipinski definition) is 0. The van der Waals surface area contributed by atoms with Gasteiger partial charge in [0.25, 0.3) is 0 Å². The van der Waals surface area contributed by atoms with Gasteiger partial charge in [-0.1, -0.05) is 13.8 Å². The molecule has 2 rings (SSSR count). The molecule has 0 aliphatic heterocycles. The van der Waals surface area contributed by atoms with Crippen molar-refractivity contribution < 1.29 is 4.74 Å². The van der Waals surface area contributed by atoms with Gasteiger partial charge in [-0.05, 0) is 18.8 Å². The second-order valence-corrected chi connectivity index (χ2v) is 4.12. The molecule has 1 aliphatic rings. The molecule has 0 unspecified atom stereocenters. The van der Waals surface area contributed by atoms with Crippen LogP contribution in [-0.2, 0) is 0 Å². The number of aromatic nitrogens is 2. The van der Waals surface area contributed by atoms with Crippen LogP contribution in [0.1, 0.15) is 50.0 Å². The molecule has 1 aromatic heterocycles. The highest BCUT2D eigenvalue weighted by molar-refractivity contribution is 5.21. The van der Waals surface area contributed by atoms with Gasteiger partial charge in [0, 0.05) is 12.0 Å². The molecular formula is C11H16N2O. The van der Waals surface area contributed by atoms with Crippen molar-refractivity contribution in [3.05, 3.63) is 17.6 Å². The van der Waals surface area contributed by atoms with Crippen molar-refractivity contribution in [2.24, 2.45) is 0 Å². The number of ether oxygens (including phenoxy) is 1. The molecule has 3 nitrogen and oxygen atoms in total. The zero-order valence-corrected chi connectivity index (χ0v) is 8.95. The first kappa shape index (κ1) is 9.44. The van der Waals surface area contributed by atoms with Gasteiger partial charge >= 0.3 is 0 Å². The molecule has 0 atom stereocenters. The van der Waals surface area contributed by atoms with Gasteiger partial charge in [-0.15, -0.1) is 0 Å². The standard InChI is InChI=1S/C11H16N2O/c1-7(2)9-6-10(14-3)13-11(12-9)8-4-5-8/h6-8H,4-5H2,1-3H3. The van der Waals surface area contributed by atoms with Crippen LogP contribution in [0, 0.1) is 0 Å². The van der Waals surface area contributed by atoms with Gasteiger partial charge in [0.2, 0.25) is 5.88 Å². The third-order valence-electron chi connectivity index (χ3n) is 2.48. The van der Waals surface area contributed by atoms with Crippen molar-refractivity contribution in [2.75, 3.05) is 7.11 Å². The Morgan fingerprint density at radius 1 is 1.36 bits per heavy atom. The van der Waals surface area contributed by atoms with E-state index < -0.39 is 0 Å². The molecule has 1 aliphatic carbocycles. The Labute approximate surface area is 84.5 Å². The summed E-state index contributed by atoms with van der Waals surface area (Å²) in [5.74, 6) is 2.69. The first-order chi connectivity index (χ1) is 6.70. The van der Waals surface area contributed by atoms with Crippen LogP contribution in [0.3, 0.4) is 0 Å². The second kappa shape index (κ2) is 3.56. The third-order valence-corrected chi connectivity index (χ3v) is 2.48. The van der Waals surface area contributed by atoms with E-state index >= 15 is 0 Å². The predicted octanol–water partition coefficient (Wildman–Crippen LogP) is 2.49. The lowest BCUT2D eigenvalue weighted by molar-refractivity contribution is 0.393. The second-order valence-electron chi connectivity index (χ2n) is 4.12. The van der Waals surface area contributed by atoms with Gasteiger partial charge in [-0.25, -0.2) is 4.98 Å². The lowest BCUT2D eigenvalue weighted by atomic mass is 10.1. The van der Waals surface area contributed by atoms with Gasteiger partial charge in [0.1, 0.15) is 5.82 Å². The van der Waals surface area contributed by atoms with Crippen LogP contribution < -0.4 is 4.74 Å². The molecule has 0 aromatic carbocycles. The molecular weight excluding hydrogens is 176 g/mol. The highest BCUT2D eigenvalue weighted by atomic mass is 16.5. The van der Waals surface area contributed by atoms with E-state index in [-0.39, 0.29) is 0 Å². The Balaban J connectivity index is 2.35. The van der Waals surface area contributed by atoms with E-state index in [4.69, 9.17) is 4.74 Å². The number of nitrogens with zero attached hydrogens (tertiary/aromatic N) is 2. The molecule has 1 heterocycles. The summed E-state index contributed by atoms with van der Waals surface area (Å²) in [6.45, 7) is 4.27. The predicted molar refractivity (Wildman–Crippen MR) is 54.6 cm³/mol. The first-order valence-electron chi connectivity index (χ1n) is 5.13. The minimum Gasteiger partial charge on any atom is -0.481 e. The summed E-state index contributed by atoms with van der Waals surface area (Å²) in [5.41, 5.74) is 1.08. The van der Waals surface area contributed by atoms with E-state index in [1.165, 1.54) is 12.8 Å². The molecule has 0 bridgehead atoms. The van der Waals surface area contributed by atoms with E-state index in [9.17, 15) is 0 Å². The fraction of sp³-hybridized carbons (Fsp3) is 0.636. The molecule has 0 N–H and O–H groups in total. The fourth-order valence-corrected chi connectivity index (χ4v) is 1.39. The van der Waals surface area contributed by atoms with Gasteiger partial charge in [-0.2, -0.15) is 4.98 Å². The highest BCUT2D eigenvalue weighted by Crippen LogP contribution is 2.39. The Morgan fingerprint density at radius 2 is 2.07 bits per heavy atom. The number of rotatable bonds is 3. The van der Waals surface area contributed by atoms with Crippen LogP contribution >= 0.6 is 0 Å². The van der Waals surface area contributed by atoms with Gasteiger partial charge < -0.3 is 4.74 Å². The summed E-state index contributed by atoms with van der Waals surface area (Å²) >= 11 is 0. The minimum absolute atomic E-state index is 0.435. The summed E-state index contributed by atoms with van der Waals surface area (Å²) in [7, 11) is 1.66. The molecule has 0 radical (unpaired) electrons. The maximum atomic E-state index is 5.17. The van der Waals surface area contributed by atoms with E-state index in [0.717, 1.165) is 11.5 Å². The minimum atomic E-state index is 0.435. The molecule has 14 heavy (non-hydrogen) atoms. The Morgan fingerprint density at radius 3 is 2.57 bits per heavy atom. The maximum Gasteiger partial charge on any atom is 0.216 e. The SMILES string of the molecule is COc1cc(C(C)C)nc(C2CC2)n1. The van der Waals surface area contributed by atoms with E-state index in [0.29, 0.717) is 17.7 Å². The van der Waals surface area contributed by atoms with Crippen LogP contribution in [0.5, 0.6) is 5.88 Å². The van der Waals surface area contributed by atoms with Crippen LogP contribution in [0.15, 0.2) is 6.07 Å². The summed E-state index contributed by atoms with van der Waals surface area (Å²) in [5, 5.41) is 0. The van der Waals surface area contributed by atoms with Gasteiger partial charge in [0.05, 0.1) is 12.8 Å². The zero-order valence-electron chi connectivity index (χ0n) is 8.95. The summed E-state index contributed by atoms with van der Waals surface area (Å²) in [6.07, 6.45) is 2.45. The topological polar surface area (TPSA) is 35.0 Å². The molecule has 1 saturated carbocycles. The average molecular weight is 192 g/mol.